The molecule has 0 radical (unpaired) electrons. The average molecular weight is 380 g/mol. The van der Waals surface area contributed by atoms with Crippen molar-refractivity contribution in [2.75, 3.05) is 25.6 Å². The molecule has 1 saturated carbocycles. The number of fused-ring (bicyclic) bond motifs is 1. The van der Waals surface area contributed by atoms with Gasteiger partial charge in [-0.3, -0.25) is 0 Å². The Kier molecular flexibility index (Phi) is 4.46. The van der Waals surface area contributed by atoms with Crippen molar-refractivity contribution in [2.45, 2.75) is 18.9 Å². The number of benzene rings is 1. The number of anilines is 1. The summed E-state index contributed by atoms with van der Waals surface area (Å²) >= 11 is 5.93. The number of imidazole rings is 1. The number of hydrogen-bond donors (Lipinski definition) is 1. The molecule has 1 aliphatic carbocycles. The van der Waals surface area contributed by atoms with Crippen molar-refractivity contribution in [3.63, 3.8) is 0 Å². The summed E-state index contributed by atoms with van der Waals surface area (Å²) in [5, 5.41) is 3.21. The van der Waals surface area contributed by atoms with E-state index in [1.54, 1.807) is 19.4 Å². The number of halogens is 3. The van der Waals surface area contributed by atoms with Crippen LogP contribution >= 0.6 is 11.6 Å². The molecule has 0 saturated heterocycles. The molecule has 0 amide bonds. The van der Waals surface area contributed by atoms with E-state index in [2.05, 4.69) is 20.3 Å². The molecule has 0 spiro atoms. The van der Waals surface area contributed by atoms with Crippen molar-refractivity contribution >= 4 is 28.5 Å². The quantitative estimate of drug-likeness (QED) is 0.521. The first-order chi connectivity index (χ1) is 12.6. The van der Waals surface area contributed by atoms with E-state index in [-0.39, 0.29) is 16.8 Å². The highest BCUT2D eigenvalue weighted by molar-refractivity contribution is 6.28. The summed E-state index contributed by atoms with van der Waals surface area (Å²) in [4.78, 5) is 12.6. The SMILES string of the molecule is COCCNc1nc(Cl)ncc1-c1nc2c(F)c(F)ccc2n1C1CC1. The minimum absolute atomic E-state index is 0.00434. The fourth-order valence-electron chi connectivity index (χ4n) is 2.93. The molecule has 0 unspecified atom stereocenters. The van der Waals surface area contributed by atoms with E-state index in [4.69, 9.17) is 16.3 Å². The monoisotopic (exact) mass is 379 g/mol. The second kappa shape index (κ2) is 6.77. The van der Waals surface area contributed by atoms with Gasteiger partial charge in [0.15, 0.2) is 11.6 Å². The topological polar surface area (TPSA) is 64.9 Å². The Bertz CT molecular complexity index is 973. The third-order valence-corrected chi connectivity index (χ3v) is 4.45. The van der Waals surface area contributed by atoms with E-state index in [0.29, 0.717) is 35.9 Å². The zero-order valence-corrected chi connectivity index (χ0v) is 14.7. The molecular formula is C17H16ClF2N5O. The van der Waals surface area contributed by atoms with Crippen LogP contribution < -0.4 is 5.32 Å². The Balaban J connectivity index is 1.89. The molecular weight excluding hydrogens is 364 g/mol. The molecule has 1 aromatic carbocycles. The number of nitrogens with one attached hydrogen (secondary N) is 1. The van der Waals surface area contributed by atoms with Gasteiger partial charge in [-0.25, -0.2) is 23.7 Å². The summed E-state index contributed by atoms with van der Waals surface area (Å²) < 4.78 is 34.9. The summed E-state index contributed by atoms with van der Waals surface area (Å²) in [6.07, 6.45) is 3.45. The molecule has 2 aromatic heterocycles. The lowest BCUT2D eigenvalue weighted by Crippen LogP contribution is -2.11. The number of rotatable bonds is 6. The largest absolute Gasteiger partial charge is 0.383 e. The van der Waals surface area contributed by atoms with E-state index >= 15 is 0 Å². The van der Waals surface area contributed by atoms with Gasteiger partial charge < -0.3 is 14.6 Å². The second-order valence-electron chi connectivity index (χ2n) is 6.09. The summed E-state index contributed by atoms with van der Waals surface area (Å²) in [5.74, 6) is -0.911. The van der Waals surface area contributed by atoms with Gasteiger partial charge in [0, 0.05) is 25.9 Å². The van der Waals surface area contributed by atoms with Gasteiger partial charge in [0.25, 0.3) is 0 Å². The van der Waals surface area contributed by atoms with Gasteiger partial charge in [-0.15, -0.1) is 0 Å². The number of ether oxygens (including phenoxy) is 1. The number of aromatic nitrogens is 4. The van der Waals surface area contributed by atoms with Gasteiger partial charge in [0.1, 0.15) is 17.2 Å². The molecule has 2 heterocycles. The molecule has 1 fully saturated rings. The van der Waals surface area contributed by atoms with Crippen LogP contribution in [0.5, 0.6) is 0 Å². The predicted octanol–water partition coefficient (Wildman–Crippen LogP) is 3.82. The Hall–Kier alpha value is -2.32. The van der Waals surface area contributed by atoms with E-state index < -0.39 is 11.6 Å². The predicted molar refractivity (Wildman–Crippen MR) is 94.3 cm³/mol. The van der Waals surface area contributed by atoms with Crippen LogP contribution in [0.15, 0.2) is 18.3 Å². The van der Waals surface area contributed by atoms with Crippen LogP contribution in [0.1, 0.15) is 18.9 Å². The third-order valence-electron chi connectivity index (χ3n) is 4.26. The minimum atomic E-state index is -0.952. The molecule has 0 bridgehead atoms. The van der Waals surface area contributed by atoms with Crippen molar-refractivity contribution in [1.29, 1.82) is 0 Å². The lowest BCUT2D eigenvalue weighted by molar-refractivity contribution is 0.210. The van der Waals surface area contributed by atoms with Gasteiger partial charge in [0.2, 0.25) is 5.28 Å². The van der Waals surface area contributed by atoms with Gasteiger partial charge in [-0.05, 0) is 36.6 Å². The van der Waals surface area contributed by atoms with Crippen molar-refractivity contribution < 1.29 is 13.5 Å². The summed E-state index contributed by atoms with van der Waals surface area (Å²) in [7, 11) is 1.60. The molecule has 6 nitrogen and oxygen atoms in total. The van der Waals surface area contributed by atoms with E-state index in [1.165, 1.54) is 0 Å². The second-order valence-corrected chi connectivity index (χ2v) is 6.42. The van der Waals surface area contributed by atoms with Crippen LogP contribution in [-0.2, 0) is 4.74 Å². The number of methoxy groups -OCH3 is 1. The highest BCUT2D eigenvalue weighted by atomic mass is 35.5. The summed E-state index contributed by atoms with van der Waals surface area (Å²) in [5.41, 5.74) is 1.14. The van der Waals surface area contributed by atoms with Gasteiger partial charge in [0.05, 0.1) is 17.7 Å². The van der Waals surface area contributed by atoms with Gasteiger partial charge in [-0.1, -0.05) is 0 Å². The Morgan fingerprint density at radius 3 is 2.85 bits per heavy atom. The normalized spacial score (nSPS) is 14.2. The summed E-state index contributed by atoms with van der Waals surface area (Å²) in [6, 6.07) is 2.87. The first-order valence-corrected chi connectivity index (χ1v) is 8.59. The highest BCUT2D eigenvalue weighted by Gasteiger charge is 2.31. The molecule has 0 atom stereocenters. The van der Waals surface area contributed by atoms with Gasteiger partial charge in [-0.2, -0.15) is 0 Å². The van der Waals surface area contributed by atoms with Crippen LogP contribution in [0, 0.1) is 11.6 Å². The maximum Gasteiger partial charge on any atom is 0.224 e. The fraction of sp³-hybridized carbons (Fsp3) is 0.353. The molecule has 4 rings (SSSR count). The Morgan fingerprint density at radius 2 is 2.12 bits per heavy atom. The van der Waals surface area contributed by atoms with Crippen molar-refractivity contribution in [1.82, 2.24) is 19.5 Å². The fourth-order valence-corrected chi connectivity index (χ4v) is 3.06. The van der Waals surface area contributed by atoms with Gasteiger partial charge >= 0.3 is 0 Å². The van der Waals surface area contributed by atoms with Crippen LogP contribution in [0.2, 0.25) is 5.28 Å². The molecule has 3 aromatic rings. The van der Waals surface area contributed by atoms with E-state index in [1.807, 2.05) is 4.57 Å². The van der Waals surface area contributed by atoms with Crippen molar-refractivity contribution in [2.24, 2.45) is 0 Å². The smallest absolute Gasteiger partial charge is 0.224 e. The highest BCUT2D eigenvalue weighted by Crippen LogP contribution is 2.42. The third kappa shape index (κ3) is 2.99. The zero-order valence-electron chi connectivity index (χ0n) is 14.0. The standard InChI is InChI=1S/C17H16ClF2N5O/c1-26-7-6-21-15-10(8-22-17(18)24-15)16-23-14-12(25(16)9-2-3-9)5-4-11(19)13(14)20/h4-5,8-9H,2-3,6-7H2,1H3,(H,21,22,24). The van der Waals surface area contributed by atoms with Crippen LogP contribution in [0.25, 0.3) is 22.4 Å². The van der Waals surface area contributed by atoms with Crippen molar-refractivity contribution in [3.05, 3.63) is 35.2 Å². The maximum atomic E-state index is 14.3. The number of hydrogen-bond acceptors (Lipinski definition) is 5. The zero-order chi connectivity index (χ0) is 18.3. The summed E-state index contributed by atoms with van der Waals surface area (Å²) in [6.45, 7) is 0.976. The van der Waals surface area contributed by atoms with E-state index in [0.717, 1.165) is 18.9 Å². The van der Waals surface area contributed by atoms with Crippen LogP contribution in [0.3, 0.4) is 0 Å². The first kappa shape index (κ1) is 17.1. The molecule has 1 N–H and O–H groups in total. The molecule has 26 heavy (non-hydrogen) atoms. The average Bonchev–Trinajstić information content (AvgIpc) is 3.39. The van der Waals surface area contributed by atoms with Crippen LogP contribution in [-0.4, -0.2) is 39.8 Å². The van der Waals surface area contributed by atoms with E-state index in [9.17, 15) is 8.78 Å². The first-order valence-electron chi connectivity index (χ1n) is 8.21. The lowest BCUT2D eigenvalue weighted by Gasteiger charge is -2.12. The Labute approximate surface area is 153 Å². The van der Waals surface area contributed by atoms with Crippen molar-refractivity contribution in [3.8, 4) is 11.4 Å². The number of nitrogens with zero attached hydrogens (tertiary/aromatic N) is 4. The maximum absolute atomic E-state index is 14.3. The van der Waals surface area contributed by atoms with Crippen LogP contribution in [0.4, 0.5) is 14.6 Å². The minimum Gasteiger partial charge on any atom is -0.383 e. The Morgan fingerprint density at radius 1 is 1.31 bits per heavy atom. The lowest BCUT2D eigenvalue weighted by atomic mass is 10.2. The molecule has 0 aliphatic heterocycles. The molecule has 1 aliphatic rings. The molecule has 9 heteroatoms. The molecule has 136 valence electrons.